The molecule has 29 heavy (non-hydrogen) atoms. The van der Waals surface area contributed by atoms with E-state index in [1.165, 1.54) is 4.90 Å². The average Bonchev–Trinajstić information content (AvgIpc) is 2.68. The molecule has 0 spiro atoms. The first-order chi connectivity index (χ1) is 13.7. The summed E-state index contributed by atoms with van der Waals surface area (Å²) in [5.41, 5.74) is 12.1. The maximum atomic E-state index is 11.0. The Hall–Kier alpha value is -2.42. The summed E-state index contributed by atoms with van der Waals surface area (Å²) in [6.45, 7) is 11.0. The van der Waals surface area contributed by atoms with Crippen molar-refractivity contribution in [2.75, 3.05) is 26.2 Å². The number of aldehydes is 1. The summed E-state index contributed by atoms with van der Waals surface area (Å²) in [5.74, 6) is -0.928. The number of guanidine groups is 2. The van der Waals surface area contributed by atoms with Crippen LogP contribution in [0.1, 0.15) is 59.3 Å². The zero-order valence-electron chi connectivity index (χ0n) is 18.1. The van der Waals surface area contributed by atoms with Gasteiger partial charge in [-0.3, -0.25) is 9.79 Å². The quantitative estimate of drug-likeness (QED) is 0.147. The Morgan fingerprint density at radius 3 is 2.38 bits per heavy atom. The molecule has 0 rings (SSSR count). The van der Waals surface area contributed by atoms with Gasteiger partial charge >= 0.3 is 5.97 Å². The van der Waals surface area contributed by atoms with Crippen molar-refractivity contribution in [3.05, 3.63) is 12.3 Å². The number of allylic oxidation sites excluding steroid dienone is 1. The monoisotopic (exact) mass is 410 g/mol. The van der Waals surface area contributed by atoms with Crippen LogP contribution in [-0.2, 0) is 9.59 Å². The van der Waals surface area contributed by atoms with E-state index in [9.17, 15) is 9.59 Å². The minimum atomic E-state index is -1.11. The lowest BCUT2D eigenvalue weighted by Crippen LogP contribution is -2.43. The summed E-state index contributed by atoms with van der Waals surface area (Å²) in [7, 11) is 0. The standard InChI is InChI=1S/C20H38N6O3/c1-5-20(4,6-2)16(3)24-19(23-12-10-8-7-9-11-21)25-18(22)26(13-14-27)15-17(28)29/h14H,3,5-13,15,21H2,1-2,4H3,(H,28,29)(H3,22,23,24,25). The van der Waals surface area contributed by atoms with E-state index in [0.717, 1.165) is 44.2 Å². The number of nitrogens with zero attached hydrogens (tertiary/aromatic N) is 3. The number of carbonyl (C=O) groups is 2. The van der Waals surface area contributed by atoms with Crippen LogP contribution in [0.25, 0.3) is 0 Å². The van der Waals surface area contributed by atoms with Crippen molar-refractivity contribution < 1.29 is 14.7 Å². The molecule has 0 heterocycles. The van der Waals surface area contributed by atoms with E-state index in [-0.39, 0.29) is 23.9 Å². The molecule has 9 heteroatoms. The summed E-state index contributed by atoms with van der Waals surface area (Å²) < 4.78 is 0. The average molecular weight is 411 g/mol. The second-order valence-electron chi connectivity index (χ2n) is 7.19. The first-order valence-corrected chi connectivity index (χ1v) is 10.2. The van der Waals surface area contributed by atoms with Crippen molar-refractivity contribution in [2.45, 2.75) is 59.3 Å². The molecule has 0 radical (unpaired) electrons. The number of carbonyl (C=O) groups excluding carboxylic acids is 1. The molecule has 0 aliphatic rings. The van der Waals surface area contributed by atoms with Crippen molar-refractivity contribution in [2.24, 2.45) is 26.9 Å². The van der Waals surface area contributed by atoms with E-state index in [4.69, 9.17) is 16.6 Å². The van der Waals surface area contributed by atoms with Crippen LogP contribution in [0.2, 0.25) is 0 Å². The minimum absolute atomic E-state index is 0.0867. The van der Waals surface area contributed by atoms with Crippen molar-refractivity contribution in [3.8, 4) is 0 Å². The molecule has 0 unspecified atom stereocenters. The zero-order chi connectivity index (χ0) is 22.3. The summed E-state index contributed by atoms with van der Waals surface area (Å²) in [6, 6.07) is 0. The van der Waals surface area contributed by atoms with Crippen LogP contribution in [0.15, 0.2) is 22.3 Å². The van der Waals surface area contributed by atoms with E-state index in [1.807, 2.05) is 0 Å². The molecule has 0 bridgehead atoms. The van der Waals surface area contributed by atoms with Crippen LogP contribution in [0.4, 0.5) is 0 Å². The molecule has 0 saturated carbocycles. The summed E-state index contributed by atoms with van der Waals surface area (Å²) in [4.78, 5) is 31.8. The Balaban J connectivity index is 5.45. The van der Waals surface area contributed by atoms with Crippen LogP contribution in [-0.4, -0.2) is 60.4 Å². The fourth-order valence-corrected chi connectivity index (χ4v) is 2.53. The Labute approximate surface area is 174 Å². The van der Waals surface area contributed by atoms with Gasteiger partial charge in [0.15, 0.2) is 5.96 Å². The van der Waals surface area contributed by atoms with E-state index >= 15 is 0 Å². The third-order valence-electron chi connectivity index (χ3n) is 5.09. The van der Waals surface area contributed by atoms with Crippen molar-refractivity contribution in [1.82, 2.24) is 10.2 Å². The summed E-state index contributed by atoms with van der Waals surface area (Å²) >= 11 is 0. The van der Waals surface area contributed by atoms with Crippen LogP contribution < -0.4 is 16.8 Å². The van der Waals surface area contributed by atoms with Crippen LogP contribution in [0.3, 0.4) is 0 Å². The normalized spacial score (nSPS) is 12.6. The Morgan fingerprint density at radius 2 is 1.86 bits per heavy atom. The molecule has 9 nitrogen and oxygen atoms in total. The molecule has 0 aliphatic carbocycles. The Kier molecular flexibility index (Phi) is 13.3. The highest BCUT2D eigenvalue weighted by Gasteiger charge is 2.24. The molecule has 0 aromatic rings. The smallest absolute Gasteiger partial charge is 0.323 e. The van der Waals surface area contributed by atoms with Gasteiger partial charge in [-0.1, -0.05) is 40.2 Å². The zero-order valence-corrected chi connectivity index (χ0v) is 18.1. The van der Waals surface area contributed by atoms with Crippen LogP contribution >= 0.6 is 0 Å². The highest BCUT2D eigenvalue weighted by atomic mass is 16.4. The van der Waals surface area contributed by atoms with Crippen molar-refractivity contribution in [3.63, 3.8) is 0 Å². The van der Waals surface area contributed by atoms with E-state index in [1.54, 1.807) is 0 Å². The summed E-state index contributed by atoms with van der Waals surface area (Å²) in [6.07, 6.45) is 6.26. The number of rotatable bonds is 14. The Morgan fingerprint density at radius 1 is 1.24 bits per heavy atom. The molecule has 0 atom stereocenters. The van der Waals surface area contributed by atoms with Gasteiger partial charge in [0.05, 0.1) is 6.54 Å². The lowest BCUT2D eigenvalue weighted by Gasteiger charge is -2.30. The number of aliphatic carboxylic acids is 1. The lowest BCUT2D eigenvalue weighted by atomic mass is 9.82. The molecular weight excluding hydrogens is 372 g/mol. The molecule has 166 valence electrons. The molecular formula is C20H38N6O3. The number of nitrogens with two attached hydrogens (primary N) is 2. The van der Waals surface area contributed by atoms with Crippen LogP contribution in [0, 0.1) is 5.41 Å². The number of unbranched alkanes of at least 4 members (excludes halogenated alkanes) is 3. The van der Waals surface area contributed by atoms with Gasteiger partial charge in [0.25, 0.3) is 0 Å². The van der Waals surface area contributed by atoms with Gasteiger partial charge in [-0.25, -0.2) is 0 Å². The van der Waals surface area contributed by atoms with E-state index in [0.29, 0.717) is 19.4 Å². The van der Waals surface area contributed by atoms with E-state index in [2.05, 4.69) is 42.7 Å². The van der Waals surface area contributed by atoms with Crippen molar-refractivity contribution >= 4 is 24.2 Å². The van der Waals surface area contributed by atoms with Gasteiger partial charge in [-0.05, 0) is 32.2 Å². The summed E-state index contributed by atoms with van der Waals surface area (Å²) in [5, 5.41) is 12.2. The van der Waals surface area contributed by atoms with Gasteiger partial charge in [-0.15, -0.1) is 0 Å². The SMILES string of the molecule is C=C(NC(=NCCCCCCN)N=C(N)N(CC=O)CC(=O)O)C(C)(CC)CC. The highest BCUT2D eigenvalue weighted by molar-refractivity contribution is 5.96. The molecule has 0 saturated heterocycles. The molecule has 0 aromatic heterocycles. The third-order valence-corrected chi connectivity index (χ3v) is 5.09. The maximum absolute atomic E-state index is 11.0. The van der Waals surface area contributed by atoms with Gasteiger partial charge in [0, 0.05) is 17.7 Å². The number of hydrogen-bond acceptors (Lipinski definition) is 4. The number of hydrogen-bond donors (Lipinski definition) is 4. The number of aliphatic imine (C=N–C) groups is 2. The van der Waals surface area contributed by atoms with Gasteiger partial charge in [-0.2, -0.15) is 4.99 Å². The predicted octanol–water partition coefficient (Wildman–Crippen LogP) is 1.69. The predicted molar refractivity (Wildman–Crippen MR) is 118 cm³/mol. The largest absolute Gasteiger partial charge is 0.480 e. The number of nitrogens with one attached hydrogen (secondary N) is 1. The molecule has 6 N–H and O–H groups in total. The second kappa shape index (κ2) is 14.6. The number of carboxylic acids is 1. The topological polar surface area (TPSA) is 146 Å². The van der Waals surface area contributed by atoms with Gasteiger partial charge < -0.3 is 31.6 Å². The van der Waals surface area contributed by atoms with Gasteiger partial charge in [0.1, 0.15) is 12.8 Å². The lowest BCUT2D eigenvalue weighted by molar-refractivity contribution is -0.137. The molecule has 0 fully saturated rings. The first-order valence-electron chi connectivity index (χ1n) is 10.2. The maximum Gasteiger partial charge on any atom is 0.323 e. The van der Waals surface area contributed by atoms with E-state index < -0.39 is 12.5 Å². The fraction of sp³-hybridized carbons (Fsp3) is 0.700. The second-order valence-corrected chi connectivity index (χ2v) is 7.19. The molecule has 0 aliphatic heterocycles. The Bertz CT molecular complexity index is 585. The highest BCUT2D eigenvalue weighted by Crippen LogP contribution is 2.31. The first kappa shape index (κ1) is 26.6. The minimum Gasteiger partial charge on any atom is -0.480 e. The van der Waals surface area contributed by atoms with Crippen molar-refractivity contribution in [1.29, 1.82) is 0 Å². The number of carboxylic acid groups (broad SMARTS) is 1. The van der Waals surface area contributed by atoms with Gasteiger partial charge in [0.2, 0.25) is 5.96 Å². The van der Waals surface area contributed by atoms with Crippen LogP contribution in [0.5, 0.6) is 0 Å². The third kappa shape index (κ3) is 10.6. The molecule has 0 amide bonds. The molecule has 0 aromatic carbocycles. The fourth-order valence-electron chi connectivity index (χ4n) is 2.53.